The van der Waals surface area contributed by atoms with Crippen LogP contribution in [0.1, 0.15) is 96.8 Å². The second-order valence-corrected chi connectivity index (χ2v) is 10.7. The molecule has 0 spiro atoms. The Labute approximate surface area is 240 Å². The van der Waals surface area contributed by atoms with E-state index in [-0.39, 0.29) is 30.5 Å². The summed E-state index contributed by atoms with van der Waals surface area (Å²) in [6, 6.07) is -3.15. The van der Waals surface area contributed by atoms with E-state index in [1.165, 1.54) is 57.8 Å². The number of amides is 2. The van der Waals surface area contributed by atoms with Crippen molar-refractivity contribution in [3.8, 4) is 0 Å². The molecule has 13 heteroatoms. The summed E-state index contributed by atoms with van der Waals surface area (Å²) in [5.41, 5.74) is 0. The molecule has 0 rings (SSSR count). The van der Waals surface area contributed by atoms with Crippen molar-refractivity contribution in [3.63, 3.8) is 0 Å². The lowest BCUT2D eigenvalue weighted by Crippen LogP contribution is -2.55. The number of halogens is 3. The number of aliphatic hydroxyl groups is 1. The van der Waals surface area contributed by atoms with Crippen molar-refractivity contribution in [2.75, 3.05) is 31.8 Å². The maximum atomic E-state index is 12.7. The molecule has 0 saturated heterocycles. The van der Waals surface area contributed by atoms with E-state index in [1.54, 1.807) is 5.32 Å². The van der Waals surface area contributed by atoms with Gasteiger partial charge in [-0.15, -0.1) is 0 Å². The predicted molar refractivity (Wildman–Crippen MR) is 148 cm³/mol. The summed E-state index contributed by atoms with van der Waals surface area (Å²) in [4.78, 5) is 47.1. The van der Waals surface area contributed by atoms with Crippen molar-refractivity contribution in [1.29, 1.82) is 0 Å². The van der Waals surface area contributed by atoms with E-state index in [1.807, 2.05) is 5.32 Å². The van der Waals surface area contributed by atoms with Gasteiger partial charge in [0.05, 0.1) is 13.7 Å². The third-order valence-electron chi connectivity index (χ3n) is 6.12. The highest BCUT2D eigenvalue weighted by Gasteiger charge is 2.41. The monoisotopic (exact) mass is 600 g/mol. The number of alkyl halides is 3. The van der Waals surface area contributed by atoms with E-state index in [0.717, 1.165) is 44.6 Å². The van der Waals surface area contributed by atoms with E-state index in [2.05, 4.69) is 11.7 Å². The summed E-state index contributed by atoms with van der Waals surface area (Å²) in [6.07, 6.45) is 10.6. The average molecular weight is 601 g/mol. The van der Waals surface area contributed by atoms with E-state index >= 15 is 0 Å². The van der Waals surface area contributed by atoms with Crippen LogP contribution in [0.15, 0.2) is 0 Å². The number of carbonyl (C=O) groups is 4. The number of hydrogen-bond donors (Lipinski definition) is 3. The van der Waals surface area contributed by atoms with Gasteiger partial charge in [0, 0.05) is 17.9 Å². The van der Waals surface area contributed by atoms with Gasteiger partial charge in [-0.1, -0.05) is 84.0 Å². The zero-order valence-electron chi connectivity index (χ0n) is 23.8. The van der Waals surface area contributed by atoms with Gasteiger partial charge in [0.1, 0.15) is 12.6 Å². The Hall–Kier alpha value is -2.02. The van der Waals surface area contributed by atoms with Crippen molar-refractivity contribution in [2.45, 2.75) is 115 Å². The number of ether oxygens (including phenoxy) is 2. The molecule has 2 amide bonds. The fourth-order valence-corrected chi connectivity index (χ4v) is 4.63. The largest absolute Gasteiger partial charge is 0.471 e. The Bertz CT molecular complexity index is 727. The molecule has 0 radical (unpaired) electrons. The molecule has 0 heterocycles. The first kappa shape index (κ1) is 38.0. The Morgan fingerprint density at radius 3 is 1.82 bits per heavy atom. The summed E-state index contributed by atoms with van der Waals surface area (Å²) in [6.45, 7) is 1.36. The van der Waals surface area contributed by atoms with Crippen LogP contribution in [0.3, 0.4) is 0 Å². The van der Waals surface area contributed by atoms with E-state index < -0.39 is 42.7 Å². The molecular formula is C27H47F3N2O7S. The Kier molecular flexibility index (Phi) is 22.5. The van der Waals surface area contributed by atoms with E-state index in [4.69, 9.17) is 4.74 Å². The Morgan fingerprint density at radius 2 is 1.35 bits per heavy atom. The van der Waals surface area contributed by atoms with Gasteiger partial charge in [-0.3, -0.25) is 14.4 Å². The first-order chi connectivity index (χ1) is 19.1. The van der Waals surface area contributed by atoms with Gasteiger partial charge in [0.25, 0.3) is 0 Å². The van der Waals surface area contributed by atoms with Crippen molar-refractivity contribution < 1.29 is 46.9 Å². The minimum Gasteiger partial charge on any atom is -0.467 e. The lowest BCUT2D eigenvalue weighted by molar-refractivity contribution is -0.174. The highest BCUT2D eigenvalue weighted by molar-refractivity contribution is 7.99. The second kappa shape index (κ2) is 23.7. The SMILES string of the molecule is CCCCCCCCCCCCCCCC(=O)OCCSC[C@H](NC(=O)C(F)(F)F)C(=O)N[C@@H](CO)C(=O)OC. The molecule has 0 aliphatic heterocycles. The molecule has 0 bridgehead atoms. The molecule has 0 fully saturated rings. The molecule has 3 N–H and O–H groups in total. The number of nitrogens with one attached hydrogen (secondary N) is 2. The van der Waals surface area contributed by atoms with Gasteiger partial charge in [-0.05, 0) is 6.42 Å². The van der Waals surface area contributed by atoms with Gasteiger partial charge in [-0.25, -0.2) is 4.79 Å². The average Bonchev–Trinajstić information content (AvgIpc) is 2.92. The van der Waals surface area contributed by atoms with Crippen molar-refractivity contribution in [1.82, 2.24) is 10.6 Å². The van der Waals surface area contributed by atoms with Crippen LogP contribution in [0.5, 0.6) is 0 Å². The molecule has 234 valence electrons. The maximum absolute atomic E-state index is 12.7. The fourth-order valence-electron chi connectivity index (χ4n) is 3.79. The summed E-state index contributed by atoms with van der Waals surface area (Å²) in [5.74, 6) is -4.91. The first-order valence-corrected chi connectivity index (χ1v) is 15.3. The molecule has 9 nitrogen and oxygen atoms in total. The molecule has 0 aromatic rings. The number of carbonyl (C=O) groups excluding carboxylic acids is 4. The smallest absolute Gasteiger partial charge is 0.467 e. The van der Waals surface area contributed by atoms with Gasteiger partial charge in [-0.2, -0.15) is 24.9 Å². The van der Waals surface area contributed by atoms with Crippen molar-refractivity contribution >= 4 is 35.5 Å². The quantitative estimate of drug-likeness (QED) is 0.110. The van der Waals surface area contributed by atoms with Gasteiger partial charge >= 0.3 is 24.0 Å². The number of thioether (sulfide) groups is 1. The van der Waals surface area contributed by atoms with Gasteiger partial charge < -0.3 is 25.2 Å². The zero-order valence-corrected chi connectivity index (χ0v) is 24.6. The normalized spacial score (nSPS) is 12.8. The zero-order chi connectivity index (χ0) is 30.2. The van der Waals surface area contributed by atoms with Crippen molar-refractivity contribution in [3.05, 3.63) is 0 Å². The molecule has 40 heavy (non-hydrogen) atoms. The van der Waals surface area contributed by atoms with Crippen LogP contribution < -0.4 is 10.6 Å². The van der Waals surface area contributed by atoms with E-state index in [9.17, 15) is 37.5 Å². The summed E-state index contributed by atoms with van der Waals surface area (Å²) >= 11 is 0.982. The van der Waals surface area contributed by atoms with Gasteiger partial charge in [0.15, 0.2) is 6.04 Å². The van der Waals surface area contributed by atoms with Crippen LogP contribution in [0.2, 0.25) is 0 Å². The van der Waals surface area contributed by atoms with Crippen LogP contribution in [0.4, 0.5) is 13.2 Å². The summed E-state index contributed by atoms with van der Waals surface area (Å²) in [7, 11) is 1.01. The number of aliphatic hydroxyl groups excluding tert-OH is 1. The molecule has 0 aromatic carbocycles. The van der Waals surface area contributed by atoms with Gasteiger partial charge in [0.2, 0.25) is 5.91 Å². The number of esters is 2. The van der Waals surface area contributed by atoms with Crippen LogP contribution in [0, 0.1) is 0 Å². The number of methoxy groups -OCH3 is 1. The summed E-state index contributed by atoms with van der Waals surface area (Å²) in [5, 5.41) is 12.8. The minimum absolute atomic E-state index is 0.00900. The Morgan fingerprint density at radius 1 is 0.825 bits per heavy atom. The molecule has 0 aliphatic rings. The molecule has 0 saturated carbocycles. The standard InChI is InChI=1S/C27H47F3N2O7S/c1-3-4-5-6-7-8-9-10-11-12-13-14-15-16-23(34)39-17-18-40-20-22(32-26(37)27(28,29)30)24(35)31-21(19-33)25(36)38-2/h21-22,33H,3-20H2,1-2H3,(H,31,35)(H,32,37)/t21-,22-/m0/s1. The third-order valence-corrected chi connectivity index (χ3v) is 7.15. The Balaban J connectivity index is 4.14. The highest BCUT2D eigenvalue weighted by atomic mass is 32.2. The first-order valence-electron chi connectivity index (χ1n) is 14.2. The number of rotatable bonds is 24. The molecule has 0 unspecified atom stereocenters. The number of hydrogen-bond acceptors (Lipinski definition) is 8. The van der Waals surface area contributed by atoms with Crippen molar-refractivity contribution in [2.24, 2.45) is 0 Å². The molecule has 2 atom stereocenters. The second-order valence-electron chi connectivity index (χ2n) is 9.58. The fraction of sp³-hybridized carbons (Fsp3) is 0.852. The van der Waals surface area contributed by atoms with Crippen LogP contribution in [-0.4, -0.2) is 78.9 Å². The molecular weight excluding hydrogens is 553 g/mol. The van der Waals surface area contributed by atoms with Crippen LogP contribution in [0.25, 0.3) is 0 Å². The lowest BCUT2D eigenvalue weighted by Gasteiger charge is -2.21. The predicted octanol–water partition coefficient (Wildman–Crippen LogP) is 4.44. The molecule has 0 aliphatic carbocycles. The highest BCUT2D eigenvalue weighted by Crippen LogP contribution is 2.16. The minimum atomic E-state index is -5.22. The molecule has 0 aromatic heterocycles. The number of unbranched alkanes of at least 4 members (excludes halogenated alkanes) is 12. The third kappa shape index (κ3) is 19.9. The van der Waals surface area contributed by atoms with Crippen LogP contribution >= 0.6 is 11.8 Å². The topological polar surface area (TPSA) is 131 Å². The summed E-state index contributed by atoms with van der Waals surface area (Å²) < 4.78 is 47.5. The lowest BCUT2D eigenvalue weighted by atomic mass is 10.0. The van der Waals surface area contributed by atoms with E-state index in [0.29, 0.717) is 0 Å². The maximum Gasteiger partial charge on any atom is 0.471 e. The van der Waals surface area contributed by atoms with Crippen LogP contribution in [-0.2, 0) is 28.7 Å².